The Balaban J connectivity index is 1.58. The molecule has 0 fully saturated rings. The van der Waals surface area contributed by atoms with Crippen LogP contribution in [0.2, 0.25) is 0 Å². The summed E-state index contributed by atoms with van der Waals surface area (Å²) in [6.45, 7) is 1.06. The van der Waals surface area contributed by atoms with Crippen LogP contribution in [0.4, 0.5) is 16.2 Å². The van der Waals surface area contributed by atoms with Crippen molar-refractivity contribution in [2.75, 3.05) is 23.1 Å². The van der Waals surface area contributed by atoms with Gasteiger partial charge in [-0.15, -0.1) is 0 Å². The lowest BCUT2D eigenvalue weighted by atomic mass is 10.1. The minimum absolute atomic E-state index is 0.369. The number of anilines is 2. The van der Waals surface area contributed by atoms with E-state index in [-0.39, 0.29) is 6.09 Å². The average Bonchev–Trinajstić information content (AvgIpc) is 2.61. The largest absolute Gasteiger partial charge is 0.439 e. The molecule has 0 saturated heterocycles. The van der Waals surface area contributed by atoms with Gasteiger partial charge in [-0.2, -0.15) is 0 Å². The van der Waals surface area contributed by atoms with E-state index in [4.69, 9.17) is 4.84 Å². The molecule has 114 valence electrons. The molecule has 0 atom stereocenters. The van der Waals surface area contributed by atoms with Gasteiger partial charge in [-0.3, -0.25) is 4.90 Å². The second-order valence-corrected chi connectivity index (χ2v) is 5.45. The Kier molecular flexibility index (Phi) is 3.35. The van der Waals surface area contributed by atoms with Gasteiger partial charge < -0.3 is 4.84 Å². The van der Waals surface area contributed by atoms with E-state index in [0.29, 0.717) is 13.1 Å². The van der Waals surface area contributed by atoms with Crippen molar-refractivity contribution in [3.8, 4) is 0 Å². The third kappa shape index (κ3) is 2.48. The third-order valence-electron chi connectivity index (χ3n) is 4.00. The number of rotatable bonds is 1. The number of nitrogens with zero attached hydrogens (tertiary/aromatic N) is 2. The summed E-state index contributed by atoms with van der Waals surface area (Å²) in [6, 6.07) is 15.7. The summed E-state index contributed by atoms with van der Waals surface area (Å²) in [4.78, 5) is 19.9. The molecule has 0 N–H and O–H groups in total. The smallest absolute Gasteiger partial charge is 0.321 e. The maximum atomic E-state index is 12.6. The van der Waals surface area contributed by atoms with E-state index >= 15 is 0 Å². The number of hydrogen-bond acceptors (Lipinski definition) is 3. The summed E-state index contributed by atoms with van der Waals surface area (Å²) in [5.41, 5.74) is 3.85. The van der Waals surface area contributed by atoms with Gasteiger partial charge >= 0.3 is 6.09 Å². The zero-order chi connectivity index (χ0) is 15.6. The van der Waals surface area contributed by atoms with Crippen molar-refractivity contribution < 1.29 is 9.63 Å². The molecule has 0 spiro atoms. The number of carbonyl (C=O) groups is 1. The standard InChI is InChI=1S/C19H16N2O2/c22-19(20-13-5-9-15-7-1-3-11-17(15)20)23-21-14-6-10-16-8-2-4-12-18(16)21/h1-12H,13-14H2. The first-order valence-electron chi connectivity index (χ1n) is 7.61. The van der Waals surface area contributed by atoms with Crippen LogP contribution in [0.3, 0.4) is 0 Å². The molecule has 4 heteroatoms. The lowest BCUT2D eigenvalue weighted by Crippen LogP contribution is -2.39. The molecule has 2 heterocycles. The van der Waals surface area contributed by atoms with Gasteiger partial charge in [-0.1, -0.05) is 60.7 Å². The van der Waals surface area contributed by atoms with Crippen molar-refractivity contribution >= 4 is 29.6 Å². The molecular weight excluding hydrogens is 288 g/mol. The van der Waals surface area contributed by atoms with Crippen molar-refractivity contribution in [3.63, 3.8) is 0 Å². The molecular formula is C19H16N2O2. The fraction of sp³-hybridized carbons (Fsp3) is 0.105. The van der Waals surface area contributed by atoms with Crippen molar-refractivity contribution in [1.29, 1.82) is 0 Å². The van der Waals surface area contributed by atoms with Crippen LogP contribution in [0, 0.1) is 0 Å². The highest BCUT2D eigenvalue weighted by atomic mass is 16.7. The Morgan fingerprint density at radius 3 is 2.22 bits per heavy atom. The predicted octanol–water partition coefficient (Wildman–Crippen LogP) is 4.10. The second-order valence-electron chi connectivity index (χ2n) is 5.45. The van der Waals surface area contributed by atoms with E-state index in [1.807, 2.05) is 72.8 Å². The Morgan fingerprint density at radius 2 is 1.43 bits per heavy atom. The maximum Gasteiger partial charge on any atom is 0.439 e. The van der Waals surface area contributed by atoms with E-state index in [2.05, 4.69) is 0 Å². The van der Waals surface area contributed by atoms with Gasteiger partial charge in [0, 0.05) is 12.1 Å². The fourth-order valence-corrected chi connectivity index (χ4v) is 2.89. The number of fused-ring (bicyclic) bond motifs is 2. The molecule has 0 radical (unpaired) electrons. The molecule has 0 bridgehead atoms. The van der Waals surface area contributed by atoms with Gasteiger partial charge in [0.15, 0.2) is 0 Å². The highest BCUT2D eigenvalue weighted by molar-refractivity contribution is 5.93. The molecule has 4 nitrogen and oxygen atoms in total. The van der Waals surface area contributed by atoms with Crippen LogP contribution in [0.5, 0.6) is 0 Å². The lowest BCUT2D eigenvalue weighted by molar-refractivity contribution is 0.143. The monoisotopic (exact) mass is 304 g/mol. The summed E-state index contributed by atoms with van der Waals surface area (Å²) >= 11 is 0. The van der Waals surface area contributed by atoms with E-state index < -0.39 is 0 Å². The predicted molar refractivity (Wildman–Crippen MR) is 92.1 cm³/mol. The fourth-order valence-electron chi connectivity index (χ4n) is 2.89. The molecule has 1 amide bonds. The lowest BCUT2D eigenvalue weighted by Gasteiger charge is -2.30. The first-order valence-corrected chi connectivity index (χ1v) is 7.61. The summed E-state index contributed by atoms with van der Waals surface area (Å²) in [5.74, 6) is 0. The van der Waals surface area contributed by atoms with Gasteiger partial charge in [0.2, 0.25) is 0 Å². The second kappa shape index (κ2) is 5.65. The zero-order valence-electron chi connectivity index (χ0n) is 12.6. The van der Waals surface area contributed by atoms with Gasteiger partial charge in [-0.05, 0) is 17.7 Å². The van der Waals surface area contributed by atoms with Crippen LogP contribution in [0.15, 0.2) is 60.7 Å². The van der Waals surface area contributed by atoms with E-state index in [1.165, 1.54) is 0 Å². The van der Waals surface area contributed by atoms with Gasteiger partial charge in [0.05, 0.1) is 17.9 Å². The highest BCUT2D eigenvalue weighted by Gasteiger charge is 2.24. The van der Waals surface area contributed by atoms with Gasteiger partial charge in [0.1, 0.15) is 0 Å². The zero-order valence-corrected chi connectivity index (χ0v) is 12.6. The first-order chi connectivity index (χ1) is 11.3. The minimum atomic E-state index is -0.369. The number of benzene rings is 2. The molecule has 23 heavy (non-hydrogen) atoms. The van der Waals surface area contributed by atoms with Crippen molar-refractivity contribution in [3.05, 3.63) is 71.8 Å². The first kappa shape index (κ1) is 13.6. The Hall–Kier alpha value is -3.01. The van der Waals surface area contributed by atoms with E-state index in [1.54, 1.807) is 9.96 Å². The Bertz CT molecular complexity index is 811. The van der Waals surface area contributed by atoms with Crippen molar-refractivity contribution in [2.45, 2.75) is 0 Å². The van der Waals surface area contributed by atoms with Gasteiger partial charge in [-0.25, -0.2) is 9.86 Å². The highest BCUT2D eigenvalue weighted by Crippen LogP contribution is 2.29. The molecule has 4 rings (SSSR count). The van der Waals surface area contributed by atoms with Crippen LogP contribution >= 0.6 is 0 Å². The number of amides is 1. The normalized spacial score (nSPS) is 15.1. The summed E-state index contributed by atoms with van der Waals surface area (Å²) in [6.07, 6.45) is 7.65. The molecule has 2 aliphatic heterocycles. The molecule has 0 aromatic heterocycles. The van der Waals surface area contributed by atoms with Crippen LogP contribution in [0.25, 0.3) is 12.2 Å². The Labute approximate surface area is 134 Å². The SMILES string of the molecule is O=C(ON1CC=Cc2ccccc21)N1CC=Cc2ccccc21. The summed E-state index contributed by atoms with van der Waals surface area (Å²) in [5, 5.41) is 1.64. The molecule has 0 aliphatic carbocycles. The number of hydroxylamine groups is 1. The molecule has 0 unspecified atom stereocenters. The quantitative estimate of drug-likeness (QED) is 0.795. The molecule has 2 aromatic rings. The van der Waals surface area contributed by atoms with Crippen LogP contribution in [0.1, 0.15) is 11.1 Å². The third-order valence-corrected chi connectivity index (χ3v) is 4.00. The average molecular weight is 304 g/mol. The minimum Gasteiger partial charge on any atom is -0.321 e. The van der Waals surface area contributed by atoms with Crippen LogP contribution < -0.4 is 9.96 Å². The van der Waals surface area contributed by atoms with E-state index in [0.717, 1.165) is 22.5 Å². The van der Waals surface area contributed by atoms with Crippen LogP contribution in [-0.4, -0.2) is 19.2 Å². The number of carbonyl (C=O) groups excluding carboxylic acids is 1. The number of para-hydroxylation sites is 2. The molecule has 2 aromatic carbocycles. The van der Waals surface area contributed by atoms with Crippen LogP contribution in [-0.2, 0) is 4.84 Å². The molecule has 2 aliphatic rings. The summed E-state index contributed by atoms with van der Waals surface area (Å²) < 4.78 is 0. The Morgan fingerprint density at radius 1 is 0.826 bits per heavy atom. The maximum absolute atomic E-state index is 12.6. The van der Waals surface area contributed by atoms with Crippen molar-refractivity contribution in [2.24, 2.45) is 0 Å². The van der Waals surface area contributed by atoms with E-state index in [9.17, 15) is 4.79 Å². The van der Waals surface area contributed by atoms with Crippen molar-refractivity contribution in [1.82, 2.24) is 0 Å². The molecule has 0 saturated carbocycles. The topological polar surface area (TPSA) is 32.8 Å². The van der Waals surface area contributed by atoms with Gasteiger partial charge in [0.25, 0.3) is 0 Å². The number of hydrogen-bond donors (Lipinski definition) is 0. The summed E-state index contributed by atoms with van der Waals surface area (Å²) in [7, 11) is 0.